The summed E-state index contributed by atoms with van der Waals surface area (Å²) < 4.78 is 2.44. The topological polar surface area (TPSA) is 69.6 Å². The van der Waals surface area contributed by atoms with Gasteiger partial charge in [-0.3, -0.25) is 0 Å². The molecule has 1 aliphatic carbocycles. The number of hydrogen-bond acceptors (Lipinski definition) is 6. The molecule has 0 atom stereocenters. The quantitative estimate of drug-likeness (QED) is 0.630. The molecule has 3 heterocycles. The van der Waals surface area contributed by atoms with Crippen LogP contribution >= 0.6 is 23.1 Å². The molecule has 3 aromatic rings. The van der Waals surface area contributed by atoms with E-state index >= 15 is 0 Å². The van der Waals surface area contributed by atoms with E-state index in [1.54, 1.807) is 23.1 Å². The second kappa shape index (κ2) is 6.85. The molecule has 0 amide bonds. The predicted octanol–water partition coefficient (Wildman–Crippen LogP) is 5.11. The van der Waals surface area contributed by atoms with Crippen LogP contribution in [0.2, 0.25) is 0 Å². The van der Waals surface area contributed by atoms with E-state index in [2.05, 4.69) is 37.2 Å². The fourth-order valence-corrected chi connectivity index (χ4v) is 5.88. The van der Waals surface area contributed by atoms with Crippen LogP contribution in [-0.2, 0) is 5.75 Å². The molecule has 0 radical (unpaired) electrons. The molecule has 26 heavy (non-hydrogen) atoms. The lowest BCUT2D eigenvalue weighted by Crippen LogP contribution is -2.08. The molecule has 1 aliphatic rings. The standard InChI is InChI=1S/C19H25N5S2/c1-10-13(4)26-18-16(10)17(20)22-15(23-18)9-25-19-21-11(2)12(3)24(19)14-7-5-6-8-14/h14H,5-9H2,1-4H3,(H2,20,22,23). The van der Waals surface area contributed by atoms with Crippen molar-refractivity contribution < 1.29 is 0 Å². The average molecular weight is 388 g/mol. The van der Waals surface area contributed by atoms with Gasteiger partial charge in [0.05, 0.1) is 16.8 Å². The maximum Gasteiger partial charge on any atom is 0.169 e. The van der Waals surface area contributed by atoms with E-state index in [-0.39, 0.29) is 0 Å². The lowest BCUT2D eigenvalue weighted by Gasteiger charge is -2.16. The first-order chi connectivity index (χ1) is 12.5. The molecular weight excluding hydrogens is 362 g/mol. The van der Waals surface area contributed by atoms with Crippen LogP contribution < -0.4 is 5.73 Å². The van der Waals surface area contributed by atoms with Gasteiger partial charge in [0.15, 0.2) is 5.16 Å². The Morgan fingerprint density at radius 3 is 2.58 bits per heavy atom. The van der Waals surface area contributed by atoms with Crippen molar-refractivity contribution in [2.75, 3.05) is 5.73 Å². The monoisotopic (exact) mass is 387 g/mol. The van der Waals surface area contributed by atoms with E-state index in [1.165, 1.54) is 41.8 Å². The van der Waals surface area contributed by atoms with Crippen LogP contribution in [0.3, 0.4) is 0 Å². The Bertz CT molecular complexity index is 966. The zero-order valence-electron chi connectivity index (χ0n) is 15.8. The van der Waals surface area contributed by atoms with Crippen LogP contribution in [0, 0.1) is 27.7 Å². The molecule has 0 spiro atoms. The van der Waals surface area contributed by atoms with Crippen molar-refractivity contribution in [1.29, 1.82) is 0 Å². The number of anilines is 1. The first-order valence-corrected chi connectivity index (χ1v) is 11.0. The number of hydrogen-bond donors (Lipinski definition) is 1. The zero-order valence-corrected chi connectivity index (χ0v) is 17.4. The van der Waals surface area contributed by atoms with E-state index < -0.39 is 0 Å². The molecule has 2 N–H and O–H groups in total. The molecule has 0 saturated heterocycles. The van der Waals surface area contributed by atoms with E-state index in [9.17, 15) is 0 Å². The van der Waals surface area contributed by atoms with Crippen molar-refractivity contribution in [2.45, 2.75) is 70.3 Å². The van der Waals surface area contributed by atoms with Crippen LogP contribution in [0.15, 0.2) is 5.16 Å². The SMILES string of the molecule is Cc1nc(SCc2nc(N)c3c(C)c(C)sc3n2)n(C2CCCC2)c1C. The summed E-state index contributed by atoms with van der Waals surface area (Å²) in [6.45, 7) is 8.48. The predicted molar refractivity (Wildman–Crippen MR) is 110 cm³/mol. The summed E-state index contributed by atoms with van der Waals surface area (Å²) in [5.74, 6) is 2.08. The largest absolute Gasteiger partial charge is 0.383 e. The Kier molecular flexibility index (Phi) is 4.69. The van der Waals surface area contributed by atoms with Crippen LogP contribution in [0.4, 0.5) is 5.82 Å². The maximum absolute atomic E-state index is 6.22. The summed E-state index contributed by atoms with van der Waals surface area (Å²) in [4.78, 5) is 16.4. The van der Waals surface area contributed by atoms with Gasteiger partial charge in [-0.2, -0.15) is 0 Å². The van der Waals surface area contributed by atoms with Gasteiger partial charge >= 0.3 is 0 Å². The number of fused-ring (bicyclic) bond motifs is 1. The first kappa shape index (κ1) is 17.8. The van der Waals surface area contributed by atoms with Gasteiger partial charge in [0.1, 0.15) is 16.5 Å². The summed E-state index contributed by atoms with van der Waals surface area (Å²) in [5.41, 5.74) is 9.84. The fraction of sp³-hybridized carbons (Fsp3) is 0.526. The van der Waals surface area contributed by atoms with Gasteiger partial charge in [-0.25, -0.2) is 15.0 Å². The van der Waals surface area contributed by atoms with Crippen molar-refractivity contribution in [3.05, 3.63) is 27.7 Å². The Morgan fingerprint density at radius 1 is 1.12 bits per heavy atom. The molecule has 1 saturated carbocycles. The highest BCUT2D eigenvalue weighted by Gasteiger charge is 2.23. The number of aryl methyl sites for hydroxylation is 3. The third-order valence-corrected chi connectivity index (χ3v) is 7.53. The van der Waals surface area contributed by atoms with Gasteiger partial charge in [-0.1, -0.05) is 24.6 Å². The number of nitrogens with two attached hydrogens (primary N) is 1. The summed E-state index contributed by atoms with van der Waals surface area (Å²) in [5, 5.41) is 2.10. The number of rotatable bonds is 4. The molecule has 5 nitrogen and oxygen atoms in total. The molecule has 0 aliphatic heterocycles. The number of imidazole rings is 1. The minimum absolute atomic E-state index is 0.592. The lowest BCUT2D eigenvalue weighted by molar-refractivity contribution is 0.471. The van der Waals surface area contributed by atoms with Gasteiger partial charge in [-0.15, -0.1) is 11.3 Å². The molecule has 0 aromatic carbocycles. The number of nitrogen functional groups attached to an aromatic ring is 1. The summed E-state index contributed by atoms with van der Waals surface area (Å²) in [6.07, 6.45) is 5.15. The molecule has 3 aromatic heterocycles. The van der Waals surface area contributed by atoms with E-state index in [1.807, 2.05) is 0 Å². The fourth-order valence-electron chi connectivity index (χ4n) is 3.81. The molecule has 138 valence electrons. The smallest absolute Gasteiger partial charge is 0.169 e. The molecule has 4 rings (SSSR count). The Hall–Kier alpha value is -1.60. The Morgan fingerprint density at radius 2 is 1.85 bits per heavy atom. The van der Waals surface area contributed by atoms with Crippen LogP contribution in [0.1, 0.15) is 59.4 Å². The average Bonchev–Trinajstić information content (AvgIpc) is 3.27. The van der Waals surface area contributed by atoms with Crippen LogP contribution in [0.25, 0.3) is 10.2 Å². The van der Waals surface area contributed by atoms with Crippen molar-refractivity contribution in [3.63, 3.8) is 0 Å². The normalized spacial score (nSPS) is 15.4. The summed E-state index contributed by atoms with van der Waals surface area (Å²) in [7, 11) is 0. The molecule has 7 heteroatoms. The van der Waals surface area contributed by atoms with Crippen molar-refractivity contribution in [2.24, 2.45) is 0 Å². The minimum atomic E-state index is 0.592. The van der Waals surface area contributed by atoms with Crippen LogP contribution in [0.5, 0.6) is 0 Å². The molecule has 0 bridgehead atoms. The Labute approximate surface area is 162 Å². The van der Waals surface area contributed by atoms with Crippen LogP contribution in [-0.4, -0.2) is 19.5 Å². The van der Waals surface area contributed by atoms with Gasteiger partial charge in [0.25, 0.3) is 0 Å². The highest BCUT2D eigenvalue weighted by atomic mass is 32.2. The van der Waals surface area contributed by atoms with Gasteiger partial charge in [-0.05, 0) is 46.1 Å². The maximum atomic E-state index is 6.22. The number of thiophene rings is 1. The minimum Gasteiger partial charge on any atom is -0.383 e. The van der Waals surface area contributed by atoms with Crippen molar-refractivity contribution in [3.8, 4) is 0 Å². The summed E-state index contributed by atoms with van der Waals surface area (Å²) >= 11 is 3.42. The second-order valence-corrected chi connectivity index (χ2v) is 9.30. The van der Waals surface area contributed by atoms with Crippen molar-refractivity contribution >= 4 is 39.1 Å². The lowest BCUT2D eigenvalue weighted by atomic mass is 10.2. The molecular formula is C19H25N5S2. The Balaban J connectivity index is 1.62. The van der Waals surface area contributed by atoms with E-state index in [0.29, 0.717) is 17.6 Å². The third-order valence-electron chi connectivity index (χ3n) is 5.48. The second-order valence-electron chi connectivity index (χ2n) is 7.15. The van der Waals surface area contributed by atoms with Gasteiger partial charge in [0.2, 0.25) is 0 Å². The third kappa shape index (κ3) is 3.01. The molecule has 0 unspecified atom stereocenters. The number of nitrogens with zero attached hydrogens (tertiary/aromatic N) is 4. The highest BCUT2D eigenvalue weighted by Crippen LogP contribution is 2.37. The zero-order chi connectivity index (χ0) is 18.4. The van der Waals surface area contributed by atoms with E-state index in [4.69, 9.17) is 15.7 Å². The number of thioether (sulfide) groups is 1. The van der Waals surface area contributed by atoms with Gasteiger partial charge < -0.3 is 10.3 Å². The van der Waals surface area contributed by atoms with E-state index in [0.717, 1.165) is 26.9 Å². The molecule has 1 fully saturated rings. The highest BCUT2D eigenvalue weighted by molar-refractivity contribution is 7.98. The van der Waals surface area contributed by atoms with Crippen molar-refractivity contribution in [1.82, 2.24) is 19.5 Å². The summed E-state index contributed by atoms with van der Waals surface area (Å²) in [6, 6.07) is 0.592. The number of aromatic nitrogens is 4. The first-order valence-electron chi connectivity index (χ1n) is 9.16. The van der Waals surface area contributed by atoms with Gasteiger partial charge in [0, 0.05) is 16.6 Å².